The summed E-state index contributed by atoms with van der Waals surface area (Å²) >= 11 is 0. The van der Waals surface area contributed by atoms with Crippen LogP contribution in [-0.2, 0) is 23.8 Å². The molecule has 0 aromatic heterocycles. The van der Waals surface area contributed by atoms with Crippen LogP contribution in [-0.4, -0.2) is 49.7 Å². The van der Waals surface area contributed by atoms with E-state index in [2.05, 4.69) is 17.9 Å². The summed E-state index contributed by atoms with van der Waals surface area (Å²) in [4.78, 5) is 23.5. The maximum Gasteiger partial charge on any atom is 0.434 e. The molecule has 1 saturated carbocycles. The standard InChI is InChI=1S/C17H20F6O5/c1-3-8-26-9-10(2)13(24)27-12-6-4-11(5-7-12)14(25)28-15(16(18,19)20)17(21,22)23/h3,11-12,15H,1-2,4-9H2. The number of alkyl halides is 6. The topological polar surface area (TPSA) is 61.8 Å². The number of hydrogen-bond donors (Lipinski definition) is 0. The van der Waals surface area contributed by atoms with Gasteiger partial charge in [0, 0.05) is 0 Å². The Morgan fingerprint density at radius 1 is 1.04 bits per heavy atom. The number of esters is 2. The van der Waals surface area contributed by atoms with E-state index in [9.17, 15) is 35.9 Å². The van der Waals surface area contributed by atoms with Crippen molar-refractivity contribution in [2.24, 2.45) is 5.92 Å². The van der Waals surface area contributed by atoms with Crippen LogP contribution in [0.1, 0.15) is 25.7 Å². The monoisotopic (exact) mass is 418 g/mol. The van der Waals surface area contributed by atoms with E-state index in [1.165, 1.54) is 6.08 Å². The number of rotatable bonds is 8. The third-order valence-corrected chi connectivity index (χ3v) is 3.91. The molecule has 160 valence electrons. The summed E-state index contributed by atoms with van der Waals surface area (Å²) in [5.74, 6) is -3.45. The highest BCUT2D eigenvalue weighted by molar-refractivity contribution is 5.88. The molecule has 5 nitrogen and oxygen atoms in total. The predicted molar refractivity (Wildman–Crippen MR) is 84.0 cm³/mol. The van der Waals surface area contributed by atoms with Crippen LogP contribution in [0, 0.1) is 5.92 Å². The zero-order valence-corrected chi connectivity index (χ0v) is 14.8. The number of hydrogen-bond acceptors (Lipinski definition) is 5. The van der Waals surface area contributed by atoms with Crippen LogP contribution in [0.2, 0.25) is 0 Å². The molecule has 1 aliphatic carbocycles. The van der Waals surface area contributed by atoms with Gasteiger partial charge < -0.3 is 14.2 Å². The van der Waals surface area contributed by atoms with E-state index >= 15 is 0 Å². The van der Waals surface area contributed by atoms with Gasteiger partial charge in [-0.25, -0.2) is 4.79 Å². The number of carbonyl (C=O) groups excluding carboxylic acids is 2. The van der Waals surface area contributed by atoms with Crippen molar-refractivity contribution in [3.63, 3.8) is 0 Å². The molecule has 1 rings (SSSR count). The first-order chi connectivity index (χ1) is 12.9. The van der Waals surface area contributed by atoms with Crippen LogP contribution in [0.25, 0.3) is 0 Å². The SMILES string of the molecule is C=CCOCC(=C)C(=O)OC1CCC(C(=O)OC(C(F)(F)F)C(F)(F)F)CC1. The van der Waals surface area contributed by atoms with Gasteiger partial charge in [0.05, 0.1) is 24.7 Å². The second-order valence-corrected chi connectivity index (χ2v) is 6.19. The van der Waals surface area contributed by atoms with Crippen molar-refractivity contribution in [1.29, 1.82) is 0 Å². The van der Waals surface area contributed by atoms with Crippen LogP contribution in [0.3, 0.4) is 0 Å². The number of carbonyl (C=O) groups is 2. The molecule has 0 radical (unpaired) electrons. The Morgan fingerprint density at radius 3 is 2.04 bits per heavy atom. The summed E-state index contributed by atoms with van der Waals surface area (Å²) in [5.41, 5.74) is 0.0431. The van der Waals surface area contributed by atoms with Gasteiger partial charge in [0.2, 0.25) is 0 Å². The van der Waals surface area contributed by atoms with Gasteiger partial charge in [0.25, 0.3) is 6.10 Å². The van der Waals surface area contributed by atoms with Crippen LogP contribution in [0.15, 0.2) is 24.8 Å². The Morgan fingerprint density at radius 2 is 1.57 bits per heavy atom. The lowest BCUT2D eigenvalue weighted by Crippen LogP contribution is -2.46. The second kappa shape index (κ2) is 9.94. The van der Waals surface area contributed by atoms with Gasteiger partial charge in [-0.05, 0) is 25.7 Å². The third-order valence-electron chi connectivity index (χ3n) is 3.91. The van der Waals surface area contributed by atoms with Gasteiger partial charge in [-0.3, -0.25) is 4.79 Å². The van der Waals surface area contributed by atoms with E-state index in [1.54, 1.807) is 0 Å². The quantitative estimate of drug-likeness (QED) is 0.197. The maximum atomic E-state index is 12.5. The summed E-state index contributed by atoms with van der Waals surface area (Å²) < 4.78 is 88.6. The summed E-state index contributed by atoms with van der Waals surface area (Å²) in [6, 6.07) is 0. The summed E-state index contributed by atoms with van der Waals surface area (Å²) in [7, 11) is 0. The van der Waals surface area contributed by atoms with Gasteiger partial charge in [0.1, 0.15) is 6.10 Å². The van der Waals surface area contributed by atoms with Crippen LogP contribution in [0.4, 0.5) is 26.3 Å². The minimum Gasteiger partial charge on any atom is -0.459 e. The van der Waals surface area contributed by atoms with Crippen molar-refractivity contribution in [3.05, 3.63) is 24.8 Å². The first-order valence-electron chi connectivity index (χ1n) is 8.27. The predicted octanol–water partition coefficient (Wildman–Crippen LogP) is 3.88. The van der Waals surface area contributed by atoms with Gasteiger partial charge >= 0.3 is 24.3 Å². The molecular formula is C17H20F6O5. The molecular weight excluding hydrogens is 398 g/mol. The van der Waals surface area contributed by atoms with Crippen LogP contribution >= 0.6 is 0 Å². The van der Waals surface area contributed by atoms with Crippen molar-refractivity contribution in [2.45, 2.75) is 50.2 Å². The van der Waals surface area contributed by atoms with Crippen molar-refractivity contribution in [2.75, 3.05) is 13.2 Å². The minimum atomic E-state index is -5.76. The van der Waals surface area contributed by atoms with Gasteiger partial charge in [-0.1, -0.05) is 12.7 Å². The van der Waals surface area contributed by atoms with Crippen LogP contribution in [0.5, 0.6) is 0 Å². The summed E-state index contributed by atoms with van der Waals surface area (Å²) in [6.07, 6.45) is -14.8. The second-order valence-electron chi connectivity index (χ2n) is 6.19. The molecule has 0 unspecified atom stereocenters. The van der Waals surface area contributed by atoms with E-state index in [0.29, 0.717) is 0 Å². The van der Waals surface area contributed by atoms with Crippen LogP contribution < -0.4 is 0 Å². The smallest absolute Gasteiger partial charge is 0.434 e. The lowest BCUT2D eigenvalue weighted by atomic mass is 9.87. The van der Waals surface area contributed by atoms with Gasteiger partial charge in [-0.15, -0.1) is 6.58 Å². The Hall–Kier alpha value is -2.04. The molecule has 1 fully saturated rings. The fourth-order valence-electron chi connectivity index (χ4n) is 2.51. The molecule has 11 heteroatoms. The molecule has 0 aromatic carbocycles. The van der Waals surface area contributed by atoms with Gasteiger partial charge in [0.15, 0.2) is 0 Å². The van der Waals surface area contributed by atoms with E-state index in [1.807, 2.05) is 0 Å². The molecule has 0 aromatic rings. The normalized spacial score (nSPS) is 20.5. The Labute approximate surface area is 157 Å². The third kappa shape index (κ3) is 7.53. The fourth-order valence-corrected chi connectivity index (χ4v) is 2.51. The van der Waals surface area contributed by atoms with Gasteiger partial charge in [-0.2, -0.15) is 26.3 Å². The minimum absolute atomic E-state index is 0.0431. The molecule has 0 heterocycles. The van der Waals surface area contributed by atoms with E-state index < -0.39 is 42.4 Å². The average molecular weight is 418 g/mol. The molecule has 0 saturated heterocycles. The highest BCUT2D eigenvalue weighted by Crippen LogP contribution is 2.37. The molecule has 0 amide bonds. The first-order valence-corrected chi connectivity index (χ1v) is 8.27. The zero-order valence-electron chi connectivity index (χ0n) is 14.8. The Bertz CT molecular complexity index is 562. The molecule has 0 bridgehead atoms. The number of ether oxygens (including phenoxy) is 3. The van der Waals surface area contributed by atoms with E-state index in [4.69, 9.17) is 9.47 Å². The molecule has 28 heavy (non-hydrogen) atoms. The number of halogens is 6. The first kappa shape index (κ1) is 24.0. The van der Waals surface area contributed by atoms with Crippen molar-refractivity contribution < 1.29 is 50.1 Å². The molecule has 0 N–H and O–H groups in total. The highest BCUT2D eigenvalue weighted by atomic mass is 19.4. The molecule has 1 aliphatic rings. The molecule has 0 atom stereocenters. The summed E-state index contributed by atoms with van der Waals surface area (Å²) in [6.45, 7) is 7.05. The van der Waals surface area contributed by atoms with Crippen molar-refractivity contribution >= 4 is 11.9 Å². The molecule has 0 aliphatic heterocycles. The summed E-state index contributed by atoms with van der Waals surface area (Å²) in [5, 5.41) is 0. The maximum absolute atomic E-state index is 12.5. The van der Waals surface area contributed by atoms with E-state index in [0.717, 1.165) is 0 Å². The Balaban J connectivity index is 2.50. The average Bonchev–Trinajstić information content (AvgIpc) is 2.58. The van der Waals surface area contributed by atoms with Crippen molar-refractivity contribution in [1.82, 2.24) is 0 Å². The lowest BCUT2D eigenvalue weighted by molar-refractivity contribution is -0.314. The molecule has 0 spiro atoms. The largest absolute Gasteiger partial charge is 0.459 e. The van der Waals surface area contributed by atoms with E-state index in [-0.39, 0.29) is 44.5 Å². The lowest BCUT2D eigenvalue weighted by Gasteiger charge is -2.29. The fraction of sp³-hybridized carbons (Fsp3) is 0.647. The Kier molecular flexibility index (Phi) is 8.52. The van der Waals surface area contributed by atoms with Crippen molar-refractivity contribution in [3.8, 4) is 0 Å². The highest BCUT2D eigenvalue weighted by Gasteiger charge is 2.60. The zero-order chi connectivity index (χ0) is 21.5.